The molecule has 0 saturated heterocycles. The van der Waals surface area contributed by atoms with Crippen LogP contribution in [0, 0.1) is 5.82 Å². The molecule has 0 saturated carbocycles. The first-order chi connectivity index (χ1) is 15.8. The summed E-state index contributed by atoms with van der Waals surface area (Å²) in [6.07, 6.45) is 3.37. The normalized spacial score (nSPS) is 12.2. The highest BCUT2D eigenvalue weighted by Crippen LogP contribution is 2.41. The number of aromatic amines is 1. The van der Waals surface area contributed by atoms with Crippen LogP contribution in [0.15, 0.2) is 57.3 Å². The number of ether oxygens (including phenoxy) is 1. The molecular formula is C23H25FN4O5S. The Labute approximate surface area is 196 Å². The number of hydrazone groups is 1. The SMILES string of the molecule is COc1c(-c2ccc(/C=N/NS(C)(=O)=O)c(F)c2)cc(-n2ccc(=O)[nH]c2=O)cc1C(C)(C)C. The first kappa shape index (κ1) is 24.9. The maximum absolute atomic E-state index is 14.9. The number of halogens is 1. The molecule has 0 fully saturated rings. The van der Waals surface area contributed by atoms with Crippen LogP contribution in [0.1, 0.15) is 31.9 Å². The second-order valence-corrected chi connectivity index (χ2v) is 10.4. The molecule has 0 spiro atoms. The molecule has 1 heterocycles. The Balaban J connectivity index is 2.21. The van der Waals surface area contributed by atoms with Crippen LogP contribution < -0.4 is 20.8 Å². The van der Waals surface area contributed by atoms with Crippen molar-refractivity contribution >= 4 is 16.2 Å². The van der Waals surface area contributed by atoms with E-state index in [1.807, 2.05) is 25.6 Å². The highest BCUT2D eigenvalue weighted by molar-refractivity contribution is 7.88. The van der Waals surface area contributed by atoms with Crippen molar-refractivity contribution in [2.75, 3.05) is 13.4 Å². The lowest BCUT2D eigenvalue weighted by Crippen LogP contribution is -2.27. The van der Waals surface area contributed by atoms with E-state index in [0.717, 1.165) is 18.0 Å². The number of nitrogens with one attached hydrogen (secondary N) is 2. The quantitative estimate of drug-likeness (QED) is 0.408. The van der Waals surface area contributed by atoms with Crippen LogP contribution in [0.2, 0.25) is 0 Å². The molecule has 0 bridgehead atoms. The summed E-state index contributed by atoms with van der Waals surface area (Å²) in [5, 5.41) is 3.53. The van der Waals surface area contributed by atoms with Crippen LogP contribution in [0.4, 0.5) is 4.39 Å². The van der Waals surface area contributed by atoms with E-state index in [2.05, 4.69) is 10.1 Å². The van der Waals surface area contributed by atoms with E-state index >= 15 is 0 Å². The molecule has 180 valence electrons. The zero-order chi connectivity index (χ0) is 25.3. The van der Waals surface area contributed by atoms with E-state index in [1.165, 1.54) is 36.1 Å². The summed E-state index contributed by atoms with van der Waals surface area (Å²) in [5.74, 6) is -0.129. The minimum absolute atomic E-state index is 0.0721. The molecule has 0 amide bonds. The topological polar surface area (TPSA) is 123 Å². The number of H-pyrrole nitrogens is 1. The Morgan fingerprint density at radius 2 is 1.85 bits per heavy atom. The van der Waals surface area contributed by atoms with E-state index in [9.17, 15) is 22.4 Å². The molecule has 0 aliphatic heterocycles. The molecular weight excluding hydrogens is 463 g/mol. The van der Waals surface area contributed by atoms with Gasteiger partial charge >= 0.3 is 5.69 Å². The van der Waals surface area contributed by atoms with Crippen molar-refractivity contribution in [1.82, 2.24) is 14.4 Å². The molecule has 9 nitrogen and oxygen atoms in total. The number of rotatable bonds is 6. The average Bonchev–Trinajstić information content (AvgIpc) is 2.72. The van der Waals surface area contributed by atoms with Gasteiger partial charge in [0.15, 0.2) is 0 Å². The molecule has 11 heteroatoms. The fourth-order valence-corrected chi connectivity index (χ4v) is 3.60. The highest BCUT2D eigenvalue weighted by atomic mass is 32.2. The van der Waals surface area contributed by atoms with Gasteiger partial charge in [0.1, 0.15) is 11.6 Å². The number of hydrogen-bond donors (Lipinski definition) is 2. The molecule has 0 aliphatic rings. The molecule has 3 rings (SSSR count). The largest absolute Gasteiger partial charge is 0.496 e. The van der Waals surface area contributed by atoms with E-state index < -0.39 is 32.5 Å². The highest BCUT2D eigenvalue weighted by Gasteiger charge is 2.24. The van der Waals surface area contributed by atoms with Crippen molar-refractivity contribution in [2.24, 2.45) is 5.10 Å². The summed E-state index contributed by atoms with van der Waals surface area (Å²) in [5.41, 5.74) is 0.768. The van der Waals surface area contributed by atoms with Gasteiger partial charge in [-0.15, -0.1) is 0 Å². The van der Waals surface area contributed by atoms with Crippen LogP contribution >= 0.6 is 0 Å². The molecule has 1 aromatic heterocycles. The van der Waals surface area contributed by atoms with E-state index in [0.29, 0.717) is 22.6 Å². The maximum atomic E-state index is 14.9. The Hall–Kier alpha value is -3.73. The lowest BCUT2D eigenvalue weighted by Gasteiger charge is -2.25. The number of sulfonamides is 1. The van der Waals surface area contributed by atoms with Crippen molar-refractivity contribution < 1.29 is 17.5 Å². The minimum Gasteiger partial charge on any atom is -0.496 e. The molecule has 0 aliphatic carbocycles. The van der Waals surface area contributed by atoms with Crippen LogP contribution in [0.3, 0.4) is 0 Å². The minimum atomic E-state index is -3.56. The molecule has 3 aromatic rings. The number of nitrogens with zero attached hydrogens (tertiary/aromatic N) is 2. The van der Waals surface area contributed by atoms with Crippen LogP contribution in [0.5, 0.6) is 5.75 Å². The summed E-state index contributed by atoms with van der Waals surface area (Å²) < 4.78 is 44.1. The number of methoxy groups -OCH3 is 1. The van der Waals surface area contributed by atoms with Crippen LogP contribution in [-0.2, 0) is 15.4 Å². The number of hydrogen-bond acceptors (Lipinski definition) is 6. The summed E-state index contributed by atoms with van der Waals surface area (Å²) >= 11 is 0. The van der Waals surface area contributed by atoms with Gasteiger partial charge in [0, 0.05) is 29.0 Å². The van der Waals surface area contributed by atoms with Gasteiger partial charge in [0.2, 0.25) is 10.0 Å². The monoisotopic (exact) mass is 488 g/mol. The van der Waals surface area contributed by atoms with Crippen molar-refractivity contribution in [1.29, 1.82) is 0 Å². The summed E-state index contributed by atoms with van der Waals surface area (Å²) in [4.78, 5) is 28.1. The average molecular weight is 489 g/mol. The predicted octanol–water partition coefficient (Wildman–Crippen LogP) is 2.52. The molecule has 0 radical (unpaired) electrons. The standard InChI is InChI=1S/C23H25FN4O5S/c1-23(2,3)18-12-16(28-9-8-20(29)26-22(28)30)11-17(21(18)33-4)14-6-7-15(19(24)10-14)13-25-27-34(5,31)32/h6-13,27H,1-5H3,(H,26,29,30)/b25-13+. The second-order valence-electron chi connectivity index (χ2n) is 8.66. The molecule has 0 unspecified atom stereocenters. The summed E-state index contributed by atoms with van der Waals surface area (Å²) in [6.45, 7) is 5.93. The van der Waals surface area contributed by atoms with Crippen molar-refractivity contribution in [3.8, 4) is 22.6 Å². The van der Waals surface area contributed by atoms with Gasteiger partial charge in [-0.25, -0.2) is 22.4 Å². The van der Waals surface area contributed by atoms with Gasteiger partial charge in [-0.1, -0.05) is 26.8 Å². The van der Waals surface area contributed by atoms with Gasteiger partial charge in [-0.2, -0.15) is 5.10 Å². The van der Waals surface area contributed by atoms with Crippen molar-refractivity contribution in [3.63, 3.8) is 0 Å². The van der Waals surface area contributed by atoms with Gasteiger partial charge in [0.25, 0.3) is 5.56 Å². The smallest absolute Gasteiger partial charge is 0.332 e. The van der Waals surface area contributed by atoms with Gasteiger partial charge in [-0.05, 0) is 35.2 Å². The van der Waals surface area contributed by atoms with Crippen molar-refractivity contribution in [3.05, 3.63) is 80.4 Å². The van der Waals surface area contributed by atoms with Crippen LogP contribution in [-0.4, -0.2) is 37.5 Å². The summed E-state index contributed by atoms with van der Waals surface area (Å²) in [6, 6.07) is 9.05. The maximum Gasteiger partial charge on any atom is 0.332 e. The second kappa shape index (κ2) is 9.26. The van der Waals surface area contributed by atoms with Crippen molar-refractivity contribution in [2.45, 2.75) is 26.2 Å². The first-order valence-electron chi connectivity index (χ1n) is 10.1. The lowest BCUT2D eigenvalue weighted by atomic mass is 9.83. The Bertz CT molecular complexity index is 1480. The molecule has 2 N–H and O–H groups in total. The molecule has 0 atom stereocenters. The van der Waals surface area contributed by atoms with E-state index in [4.69, 9.17) is 4.74 Å². The third-order valence-electron chi connectivity index (χ3n) is 4.92. The van der Waals surface area contributed by atoms with E-state index in [1.54, 1.807) is 18.2 Å². The van der Waals surface area contributed by atoms with E-state index in [-0.39, 0.29) is 5.56 Å². The Morgan fingerprint density at radius 3 is 2.41 bits per heavy atom. The fourth-order valence-electron chi connectivity index (χ4n) is 3.36. The fraction of sp³-hybridized carbons (Fsp3) is 0.261. The van der Waals surface area contributed by atoms with Crippen LogP contribution in [0.25, 0.3) is 16.8 Å². The lowest BCUT2D eigenvalue weighted by molar-refractivity contribution is 0.399. The first-order valence-corrected chi connectivity index (χ1v) is 12.0. The van der Waals surface area contributed by atoms with Gasteiger partial charge < -0.3 is 4.74 Å². The van der Waals surface area contributed by atoms with Gasteiger partial charge in [-0.3, -0.25) is 14.3 Å². The summed E-state index contributed by atoms with van der Waals surface area (Å²) in [7, 11) is -2.05. The predicted molar refractivity (Wildman–Crippen MR) is 129 cm³/mol. The number of benzene rings is 2. The Morgan fingerprint density at radius 1 is 1.15 bits per heavy atom. The van der Waals surface area contributed by atoms with Gasteiger partial charge in [0.05, 0.1) is 25.3 Å². The third-order valence-corrected chi connectivity index (χ3v) is 5.36. The zero-order valence-corrected chi connectivity index (χ0v) is 20.2. The third kappa shape index (κ3) is 5.60. The zero-order valence-electron chi connectivity index (χ0n) is 19.3. The number of aromatic nitrogens is 2. The molecule has 2 aromatic carbocycles. The molecule has 34 heavy (non-hydrogen) atoms. The Kier molecular flexibility index (Phi) is 6.78.